The second-order valence-corrected chi connectivity index (χ2v) is 6.11. The monoisotopic (exact) mass is 352 g/mol. The Bertz CT molecular complexity index is 777. The van der Waals surface area contributed by atoms with E-state index in [1.807, 2.05) is 60.7 Å². The van der Waals surface area contributed by atoms with E-state index in [1.54, 1.807) is 4.90 Å². The molecule has 1 N–H and O–H groups in total. The number of esters is 1. The number of nitrogens with one attached hydrogen (secondary N) is 1. The highest BCUT2D eigenvalue weighted by atomic mass is 16.5. The van der Waals surface area contributed by atoms with Crippen molar-refractivity contribution in [3.05, 3.63) is 66.2 Å². The first kappa shape index (κ1) is 17.7. The van der Waals surface area contributed by atoms with Crippen molar-refractivity contribution in [2.24, 2.45) is 5.92 Å². The van der Waals surface area contributed by atoms with Crippen LogP contribution in [0.3, 0.4) is 0 Å². The molecule has 134 valence electrons. The van der Waals surface area contributed by atoms with E-state index < -0.39 is 11.9 Å². The number of carbonyl (C=O) groups is 3. The summed E-state index contributed by atoms with van der Waals surface area (Å²) in [6.45, 7) is 0.302. The van der Waals surface area contributed by atoms with E-state index in [4.69, 9.17) is 4.74 Å². The minimum absolute atomic E-state index is 0.0966. The standard InChI is InChI=1S/C20H20N2O4/c23-18(21-12-15-7-3-1-4-8-15)14-26-20(25)16-11-19(24)22(13-16)17-9-5-2-6-10-17/h1-10,16H,11-14H2,(H,21,23)/t16-/m1/s1. The van der Waals surface area contributed by atoms with Gasteiger partial charge in [-0.2, -0.15) is 0 Å². The fourth-order valence-corrected chi connectivity index (χ4v) is 2.83. The number of amides is 2. The smallest absolute Gasteiger partial charge is 0.311 e. The van der Waals surface area contributed by atoms with Gasteiger partial charge >= 0.3 is 5.97 Å². The fourth-order valence-electron chi connectivity index (χ4n) is 2.83. The Hall–Kier alpha value is -3.15. The van der Waals surface area contributed by atoms with Crippen LogP contribution in [0.5, 0.6) is 0 Å². The van der Waals surface area contributed by atoms with Gasteiger partial charge in [0.2, 0.25) is 5.91 Å². The Labute approximate surface area is 151 Å². The molecule has 0 aliphatic carbocycles. The van der Waals surface area contributed by atoms with Gasteiger partial charge in [0.05, 0.1) is 5.92 Å². The molecule has 3 rings (SSSR count). The molecule has 1 heterocycles. The number of anilines is 1. The van der Waals surface area contributed by atoms with Gasteiger partial charge in [0.25, 0.3) is 5.91 Å². The maximum atomic E-state index is 12.2. The van der Waals surface area contributed by atoms with Gasteiger partial charge in [0, 0.05) is 25.2 Å². The van der Waals surface area contributed by atoms with E-state index in [0.717, 1.165) is 11.3 Å². The SMILES string of the molecule is O=C(COC(=O)[C@@H]1CC(=O)N(c2ccccc2)C1)NCc1ccccc1. The summed E-state index contributed by atoms with van der Waals surface area (Å²) >= 11 is 0. The van der Waals surface area contributed by atoms with Gasteiger partial charge < -0.3 is 15.0 Å². The van der Waals surface area contributed by atoms with Gasteiger partial charge in [0.15, 0.2) is 6.61 Å². The summed E-state index contributed by atoms with van der Waals surface area (Å²) in [6, 6.07) is 18.7. The normalized spacial score (nSPS) is 16.4. The Morgan fingerprint density at radius 1 is 1.04 bits per heavy atom. The molecular weight excluding hydrogens is 332 g/mol. The average molecular weight is 352 g/mol. The number of para-hydroxylation sites is 1. The summed E-state index contributed by atoms with van der Waals surface area (Å²) in [7, 11) is 0. The summed E-state index contributed by atoms with van der Waals surface area (Å²) in [5.41, 5.74) is 1.72. The zero-order chi connectivity index (χ0) is 18.4. The number of ether oxygens (including phenoxy) is 1. The first-order valence-corrected chi connectivity index (χ1v) is 8.46. The molecule has 26 heavy (non-hydrogen) atoms. The Balaban J connectivity index is 1.45. The summed E-state index contributed by atoms with van der Waals surface area (Å²) in [5.74, 6) is -1.56. The molecule has 1 saturated heterocycles. The van der Waals surface area contributed by atoms with Gasteiger partial charge in [-0.1, -0.05) is 48.5 Å². The number of hydrogen-bond acceptors (Lipinski definition) is 4. The molecule has 0 aromatic heterocycles. The topological polar surface area (TPSA) is 75.7 Å². The lowest BCUT2D eigenvalue weighted by Crippen LogP contribution is -2.31. The third-order valence-electron chi connectivity index (χ3n) is 4.20. The minimum atomic E-state index is -0.551. The number of carbonyl (C=O) groups excluding carboxylic acids is 3. The zero-order valence-corrected chi connectivity index (χ0v) is 14.3. The first-order valence-electron chi connectivity index (χ1n) is 8.46. The van der Waals surface area contributed by atoms with Crippen molar-refractivity contribution in [2.75, 3.05) is 18.1 Å². The molecule has 2 aromatic rings. The molecule has 0 saturated carbocycles. The molecule has 0 unspecified atom stereocenters. The van der Waals surface area contributed by atoms with Crippen LogP contribution in [0.15, 0.2) is 60.7 Å². The lowest BCUT2D eigenvalue weighted by atomic mass is 10.1. The van der Waals surface area contributed by atoms with E-state index >= 15 is 0 Å². The Morgan fingerprint density at radius 2 is 1.69 bits per heavy atom. The van der Waals surface area contributed by atoms with Crippen LogP contribution in [0.2, 0.25) is 0 Å². The van der Waals surface area contributed by atoms with E-state index in [2.05, 4.69) is 5.32 Å². The third-order valence-corrected chi connectivity index (χ3v) is 4.20. The predicted octanol–water partition coefficient (Wildman–Crippen LogP) is 1.90. The van der Waals surface area contributed by atoms with Crippen molar-refractivity contribution in [1.29, 1.82) is 0 Å². The molecule has 2 amide bonds. The van der Waals surface area contributed by atoms with Crippen LogP contribution < -0.4 is 10.2 Å². The molecule has 1 atom stereocenters. The highest BCUT2D eigenvalue weighted by molar-refractivity contribution is 5.99. The number of rotatable bonds is 6. The van der Waals surface area contributed by atoms with Gasteiger partial charge in [-0.15, -0.1) is 0 Å². The van der Waals surface area contributed by atoms with Crippen LogP contribution in [0.25, 0.3) is 0 Å². The molecule has 6 heteroatoms. The maximum absolute atomic E-state index is 12.2. The minimum Gasteiger partial charge on any atom is -0.455 e. The Kier molecular flexibility index (Phi) is 5.63. The highest BCUT2D eigenvalue weighted by Gasteiger charge is 2.36. The highest BCUT2D eigenvalue weighted by Crippen LogP contribution is 2.25. The third kappa shape index (κ3) is 4.47. The van der Waals surface area contributed by atoms with Crippen molar-refractivity contribution in [1.82, 2.24) is 5.32 Å². The van der Waals surface area contributed by atoms with Gasteiger partial charge in [-0.3, -0.25) is 14.4 Å². The van der Waals surface area contributed by atoms with Gasteiger partial charge in [-0.25, -0.2) is 0 Å². The van der Waals surface area contributed by atoms with E-state index in [0.29, 0.717) is 6.54 Å². The second-order valence-electron chi connectivity index (χ2n) is 6.11. The second kappa shape index (κ2) is 8.29. The molecule has 0 spiro atoms. The van der Waals surface area contributed by atoms with Crippen molar-refractivity contribution in [3.63, 3.8) is 0 Å². The molecule has 6 nitrogen and oxygen atoms in total. The van der Waals surface area contributed by atoms with Crippen molar-refractivity contribution < 1.29 is 19.1 Å². The number of nitrogens with zero attached hydrogens (tertiary/aromatic N) is 1. The molecular formula is C20H20N2O4. The molecule has 1 aliphatic heterocycles. The zero-order valence-electron chi connectivity index (χ0n) is 14.3. The van der Waals surface area contributed by atoms with Crippen molar-refractivity contribution in [2.45, 2.75) is 13.0 Å². The number of benzene rings is 2. The van der Waals surface area contributed by atoms with Crippen LogP contribution in [0.4, 0.5) is 5.69 Å². The van der Waals surface area contributed by atoms with Gasteiger partial charge in [0.1, 0.15) is 0 Å². The lowest BCUT2D eigenvalue weighted by Gasteiger charge is -2.16. The Morgan fingerprint density at radius 3 is 2.38 bits per heavy atom. The van der Waals surface area contributed by atoms with Crippen LogP contribution in [0, 0.1) is 5.92 Å². The number of hydrogen-bond donors (Lipinski definition) is 1. The van der Waals surface area contributed by atoms with Crippen molar-refractivity contribution in [3.8, 4) is 0 Å². The predicted molar refractivity (Wildman–Crippen MR) is 96.1 cm³/mol. The largest absolute Gasteiger partial charge is 0.455 e. The molecule has 2 aromatic carbocycles. The van der Waals surface area contributed by atoms with E-state index in [9.17, 15) is 14.4 Å². The maximum Gasteiger partial charge on any atom is 0.311 e. The average Bonchev–Trinajstić information content (AvgIpc) is 3.08. The van der Waals surface area contributed by atoms with E-state index in [-0.39, 0.29) is 31.4 Å². The van der Waals surface area contributed by atoms with Crippen molar-refractivity contribution >= 4 is 23.5 Å². The quantitative estimate of drug-likeness (QED) is 0.806. The lowest BCUT2D eigenvalue weighted by molar-refractivity contribution is -0.152. The van der Waals surface area contributed by atoms with Gasteiger partial charge in [-0.05, 0) is 17.7 Å². The van der Waals surface area contributed by atoms with Crippen LogP contribution >= 0.6 is 0 Å². The van der Waals surface area contributed by atoms with Crippen LogP contribution in [-0.4, -0.2) is 30.9 Å². The fraction of sp³-hybridized carbons (Fsp3) is 0.250. The summed E-state index contributed by atoms with van der Waals surface area (Å²) in [6.07, 6.45) is 0.0966. The van der Waals surface area contributed by atoms with E-state index in [1.165, 1.54) is 0 Å². The van der Waals surface area contributed by atoms with Crippen LogP contribution in [0.1, 0.15) is 12.0 Å². The van der Waals surface area contributed by atoms with Crippen LogP contribution in [-0.2, 0) is 25.7 Å². The molecule has 1 aliphatic rings. The summed E-state index contributed by atoms with van der Waals surface area (Å²) in [4.78, 5) is 37.7. The first-order chi connectivity index (χ1) is 12.6. The summed E-state index contributed by atoms with van der Waals surface area (Å²) in [5, 5.41) is 2.69. The molecule has 0 radical (unpaired) electrons. The molecule has 0 bridgehead atoms. The molecule has 1 fully saturated rings. The summed E-state index contributed by atoms with van der Waals surface area (Å²) < 4.78 is 5.08.